The van der Waals surface area contributed by atoms with Gasteiger partial charge in [0.25, 0.3) is 0 Å². The van der Waals surface area contributed by atoms with Crippen LogP contribution in [0, 0.1) is 16.2 Å². The van der Waals surface area contributed by atoms with Crippen LogP contribution in [-0.4, -0.2) is 218 Å². The van der Waals surface area contributed by atoms with Crippen molar-refractivity contribution in [1.82, 2.24) is 31.9 Å². The van der Waals surface area contributed by atoms with Crippen molar-refractivity contribution in [2.75, 3.05) is 79.3 Å². The van der Waals surface area contributed by atoms with Crippen LogP contribution >= 0.6 is 0 Å². The van der Waals surface area contributed by atoms with Crippen molar-refractivity contribution in [2.24, 2.45) is 16.2 Å². The predicted octanol–water partition coefficient (Wildman–Crippen LogP) is 19.7. The summed E-state index contributed by atoms with van der Waals surface area (Å²) < 4.78 is 76.8. The standard InChI is InChI=1S/C108H192N6O18/c1-28-31-46-106(88(115)127-58-37-52-121-82-67-94(4,5)109-95(6,7)68-82,89(116)128-59-38-53-122-83-69-96(8,9)110-97(10,11)70-83)49-34-43-79-64-80(44-35-50-107(47-32-29-2,90(117)129-60-39-54-123-84-71-98(12,13)111-99(14,15)72-84)91(118)130-61-40-55-124-85-73-100(16,17)112-101(18,19)74-85)66-81(65-79)45-36-51-108(48-33-30-3,92(119)131-62-41-56-125-86-75-102(20,21)113-103(22,23)76-86)93(120)132-63-42-57-126-87-77-104(24,25)114-105(26,27)78-87/h64-66,82-87,109-114H,28-63,67-78H2,1-27H3. The maximum absolute atomic E-state index is 15.3. The van der Waals surface area contributed by atoms with Gasteiger partial charge in [-0.1, -0.05) is 77.5 Å². The number of nitrogens with one attached hydrogen (secondary N) is 6. The van der Waals surface area contributed by atoms with Gasteiger partial charge in [-0.15, -0.1) is 0 Å². The van der Waals surface area contributed by atoms with Gasteiger partial charge in [-0.3, -0.25) is 28.8 Å². The summed E-state index contributed by atoms with van der Waals surface area (Å²) >= 11 is 0. The summed E-state index contributed by atoms with van der Waals surface area (Å²) in [6.07, 6.45) is 20.5. The Morgan fingerprint density at radius 1 is 0.227 bits per heavy atom. The van der Waals surface area contributed by atoms with Gasteiger partial charge in [-0.2, -0.15) is 0 Å². The molecule has 0 radical (unpaired) electrons. The number of carbonyl (C=O) groups excluding carboxylic acids is 6. The van der Waals surface area contributed by atoms with Gasteiger partial charge in [-0.05, 0) is 337 Å². The quantitative estimate of drug-likeness (QED) is 0.0153. The van der Waals surface area contributed by atoms with Crippen molar-refractivity contribution < 1.29 is 85.6 Å². The Kier molecular flexibility index (Phi) is 43.5. The van der Waals surface area contributed by atoms with Gasteiger partial charge in [0, 0.05) is 105 Å². The van der Waals surface area contributed by atoms with E-state index in [2.05, 4.69) is 237 Å². The van der Waals surface area contributed by atoms with Crippen molar-refractivity contribution >= 4 is 35.8 Å². The highest BCUT2D eigenvalue weighted by Crippen LogP contribution is 2.43. The van der Waals surface area contributed by atoms with E-state index < -0.39 is 52.1 Å². The monoisotopic (exact) mass is 1860 g/mol. The number of esters is 6. The molecule has 0 aliphatic carbocycles. The summed E-state index contributed by atoms with van der Waals surface area (Å²) in [4.78, 5) is 91.9. The second-order valence-electron chi connectivity index (χ2n) is 49.0. The molecular weight excluding hydrogens is 1670 g/mol. The van der Waals surface area contributed by atoms with E-state index in [1.807, 2.05) is 0 Å². The van der Waals surface area contributed by atoms with Crippen LogP contribution in [0.1, 0.15) is 416 Å². The molecule has 6 aliphatic heterocycles. The first-order valence-electron chi connectivity index (χ1n) is 52.0. The average molecular weight is 1860 g/mol. The van der Waals surface area contributed by atoms with Gasteiger partial charge in [0.1, 0.15) is 0 Å². The van der Waals surface area contributed by atoms with E-state index in [-0.39, 0.29) is 181 Å². The molecule has 7 rings (SSSR count). The SMILES string of the molecule is CCCCC(CCCc1cc(CCCC(CCCC)(C(=O)OCCCOC2CC(C)(C)NC(C)(C)C2)C(=O)OCCCOC2CC(C)(C)NC(C)(C)C2)cc(CCCC(CCCC)(C(=O)OCCCOC2CC(C)(C)NC(C)(C)C2)C(=O)OCCCOC2CC(C)(C)NC(C)(C)C2)c1)(C(=O)OCCCOC1CC(C)(C)NC(C)(C)C1)C(=O)OCCCOC1CC(C)(C)NC(C)(C)C1. The molecule has 6 N–H and O–H groups in total. The smallest absolute Gasteiger partial charge is 0.323 e. The second kappa shape index (κ2) is 50.1. The van der Waals surface area contributed by atoms with Gasteiger partial charge in [0.15, 0.2) is 16.2 Å². The lowest BCUT2D eigenvalue weighted by Crippen LogP contribution is -2.59. The Balaban J connectivity index is 1.21. The highest BCUT2D eigenvalue weighted by atomic mass is 16.6. The molecular formula is C108H192N6O18. The van der Waals surface area contributed by atoms with Crippen LogP contribution in [0.3, 0.4) is 0 Å². The van der Waals surface area contributed by atoms with Crippen LogP contribution in [0.15, 0.2) is 18.2 Å². The molecule has 132 heavy (non-hydrogen) atoms. The molecule has 0 unspecified atom stereocenters. The van der Waals surface area contributed by atoms with Gasteiger partial charge >= 0.3 is 35.8 Å². The Morgan fingerprint density at radius 2 is 0.364 bits per heavy atom. The van der Waals surface area contributed by atoms with E-state index in [9.17, 15) is 0 Å². The second-order valence-corrected chi connectivity index (χ2v) is 49.0. The third kappa shape index (κ3) is 39.0. The number of benzene rings is 1. The molecule has 24 nitrogen and oxygen atoms in total. The lowest BCUT2D eigenvalue weighted by Gasteiger charge is -2.46. The van der Waals surface area contributed by atoms with E-state index in [0.717, 1.165) is 113 Å². The largest absolute Gasteiger partial charge is 0.465 e. The summed E-state index contributed by atoms with van der Waals surface area (Å²) in [6.45, 7) is 61.6. The third-order valence-corrected chi connectivity index (χ3v) is 27.7. The fourth-order valence-electron chi connectivity index (χ4n) is 24.1. The molecule has 0 aromatic heterocycles. The van der Waals surface area contributed by atoms with Crippen molar-refractivity contribution in [3.63, 3.8) is 0 Å². The Morgan fingerprint density at radius 3 is 0.500 bits per heavy atom. The number of hydrogen-bond acceptors (Lipinski definition) is 24. The Bertz CT molecular complexity index is 3050. The lowest BCUT2D eigenvalue weighted by molar-refractivity contribution is -0.176. The average Bonchev–Trinajstić information content (AvgIpc) is 0.828. The maximum atomic E-state index is 15.3. The first-order chi connectivity index (χ1) is 61.4. The number of carbonyl (C=O) groups is 6. The first kappa shape index (κ1) is 115. The van der Waals surface area contributed by atoms with Gasteiger partial charge in [0.05, 0.1) is 116 Å². The highest BCUT2D eigenvalue weighted by Gasteiger charge is 2.53. The molecule has 6 fully saturated rings. The molecule has 0 spiro atoms. The minimum absolute atomic E-state index is 0.0259. The van der Waals surface area contributed by atoms with Gasteiger partial charge in [-0.25, -0.2) is 0 Å². The Labute approximate surface area is 800 Å². The van der Waals surface area contributed by atoms with Crippen molar-refractivity contribution in [2.45, 2.75) is 521 Å². The molecule has 0 amide bonds. The number of piperidine rings is 6. The number of hydrogen-bond donors (Lipinski definition) is 6. The molecule has 6 saturated heterocycles. The first-order valence-corrected chi connectivity index (χ1v) is 52.0. The molecule has 24 heteroatoms. The summed E-state index contributed by atoms with van der Waals surface area (Å²) in [7, 11) is 0. The van der Waals surface area contributed by atoms with Crippen LogP contribution in [0.5, 0.6) is 0 Å². The van der Waals surface area contributed by atoms with Crippen LogP contribution in [-0.2, 0) is 105 Å². The molecule has 1 aromatic rings. The fourth-order valence-corrected chi connectivity index (χ4v) is 24.1. The molecule has 6 heterocycles. The summed E-state index contributed by atoms with van der Waals surface area (Å²) in [5, 5.41) is 22.4. The molecule has 1 aromatic carbocycles. The van der Waals surface area contributed by atoms with E-state index in [1.54, 1.807) is 0 Å². The molecule has 0 saturated carbocycles. The zero-order chi connectivity index (χ0) is 98.0. The molecule has 0 bridgehead atoms. The zero-order valence-electron chi connectivity index (χ0n) is 88.5. The zero-order valence-corrected chi connectivity index (χ0v) is 88.5. The third-order valence-electron chi connectivity index (χ3n) is 27.7. The maximum Gasteiger partial charge on any atom is 0.323 e. The highest BCUT2D eigenvalue weighted by molar-refractivity contribution is 6.01. The topological polar surface area (TPSA) is 285 Å². The predicted molar refractivity (Wildman–Crippen MR) is 526 cm³/mol. The van der Waals surface area contributed by atoms with Crippen molar-refractivity contribution in [3.05, 3.63) is 34.9 Å². The Hall–Kier alpha value is -4.44. The van der Waals surface area contributed by atoms with Crippen molar-refractivity contribution in [1.29, 1.82) is 0 Å². The van der Waals surface area contributed by atoms with Crippen molar-refractivity contribution in [3.8, 4) is 0 Å². The summed E-state index contributed by atoms with van der Waals surface area (Å²) in [5.74, 6) is -3.60. The van der Waals surface area contributed by atoms with E-state index in [1.165, 1.54) is 0 Å². The summed E-state index contributed by atoms with van der Waals surface area (Å²) in [5.41, 5.74) is -3.42. The number of ether oxygens (including phenoxy) is 12. The van der Waals surface area contributed by atoms with Crippen LogP contribution in [0.2, 0.25) is 0 Å². The van der Waals surface area contributed by atoms with Gasteiger partial charge < -0.3 is 88.7 Å². The number of unbranched alkanes of at least 4 members (excludes halogenated alkanes) is 3. The number of rotatable bonds is 57. The van der Waals surface area contributed by atoms with E-state index >= 15 is 28.8 Å². The van der Waals surface area contributed by atoms with Crippen LogP contribution < -0.4 is 31.9 Å². The number of aryl methyl sites for hydroxylation is 3. The summed E-state index contributed by atoms with van der Waals surface area (Å²) in [6, 6.07) is 6.49. The normalized spacial score (nSPS) is 21.8. The lowest BCUT2D eigenvalue weighted by atomic mass is 9.77. The molecule has 0 atom stereocenters. The van der Waals surface area contributed by atoms with Crippen LogP contribution in [0.4, 0.5) is 0 Å². The molecule has 762 valence electrons. The van der Waals surface area contributed by atoms with E-state index in [0.29, 0.717) is 136 Å². The van der Waals surface area contributed by atoms with Gasteiger partial charge in [0.2, 0.25) is 0 Å². The minimum Gasteiger partial charge on any atom is -0.465 e. The minimum atomic E-state index is -1.63. The van der Waals surface area contributed by atoms with Crippen LogP contribution in [0.25, 0.3) is 0 Å². The van der Waals surface area contributed by atoms with E-state index in [4.69, 9.17) is 56.8 Å². The fraction of sp³-hybridized carbons (Fsp3) is 0.889. The molecule has 6 aliphatic rings.